The van der Waals surface area contributed by atoms with Crippen molar-refractivity contribution in [3.63, 3.8) is 0 Å². The molecule has 2 aliphatic carbocycles. The molecule has 1 amide bonds. The van der Waals surface area contributed by atoms with Crippen LogP contribution < -0.4 is 11.1 Å². The van der Waals surface area contributed by atoms with Crippen LogP contribution in [0.4, 0.5) is 0 Å². The normalized spacial score (nSPS) is 29.6. The van der Waals surface area contributed by atoms with Crippen LogP contribution in [0.25, 0.3) is 0 Å². The number of nitrogens with two attached hydrogens (primary N) is 1. The second kappa shape index (κ2) is 6.57. The van der Waals surface area contributed by atoms with E-state index in [-0.39, 0.29) is 24.4 Å². The first kappa shape index (κ1) is 15.3. The van der Waals surface area contributed by atoms with E-state index in [1.807, 2.05) is 0 Å². The van der Waals surface area contributed by atoms with Crippen LogP contribution in [0.2, 0.25) is 0 Å². The van der Waals surface area contributed by atoms with Crippen molar-refractivity contribution >= 4 is 11.9 Å². The van der Waals surface area contributed by atoms with Crippen LogP contribution in [0.1, 0.15) is 57.8 Å². The summed E-state index contributed by atoms with van der Waals surface area (Å²) >= 11 is 0. The maximum atomic E-state index is 12.2. The molecule has 2 rings (SSSR count). The van der Waals surface area contributed by atoms with Gasteiger partial charge >= 0.3 is 5.97 Å². The molecule has 0 aromatic carbocycles. The van der Waals surface area contributed by atoms with E-state index >= 15 is 0 Å². The summed E-state index contributed by atoms with van der Waals surface area (Å²) in [6.07, 6.45) is 8.14. The van der Waals surface area contributed by atoms with E-state index in [4.69, 9.17) is 5.73 Å². The van der Waals surface area contributed by atoms with Gasteiger partial charge in [-0.2, -0.15) is 0 Å². The van der Waals surface area contributed by atoms with Crippen molar-refractivity contribution in [2.24, 2.45) is 17.1 Å². The van der Waals surface area contributed by atoms with E-state index in [2.05, 4.69) is 5.32 Å². The topological polar surface area (TPSA) is 92.4 Å². The fraction of sp³-hybridized carbons (Fsp3) is 0.867. The molecule has 5 heteroatoms. The van der Waals surface area contributed by atoms with Crippen molar-refractivity contribution in [2.45, 2.75) is 63.8 Å². The lowest BCUT2D eigenvalue weighted by Gasteiger charge is -2.34. The van der Waals surface area contributed by atoms with Gasteiger partial charge in [0.25, 0.3) is 0 Å². The molecule has 20 heavy (non-hydrogen) atoms. The Bertz CT molecular complexity index is 364. The summed E-state index contributed by atoms with van der Waals surface area (Å²) in [6.45, 7) is 0.254. The first-order chi connectivity index (χ1) is 9.55. The van der Waals surface area contributed by atoms with Gasteiger partial charge in [-0.05, 0) is 25.7 Å². The molecule has 0 spiro atoms. The highest BCUT2D eigenvalue weighted by Crippen LogP contribution is 2.36. The molecule has 0 aliphatic heterocycles. The zero-order valence-corrected chi connectivity index (χ0v) is 12.1. The van der Waals surface area contributed by atoms with Crippen LogP contribution in [-0.2, 0) is 9.59 Å². The highest BCUT2D eigenvalue weighted by atomic mass is 16.4. The third-order valence-corrected chi connectivity index (χ3v) is 5.02. The number of carboxylic acid groups (broad SMARTS) is 1. The van der Waals surface area contributed by atoms with Gasteiger partial charge in [-0.25, -0.2) is 0 Å². The Hall–Kier alpha value is -1.10. The monoisotopic (exact) mass is 282 g/mol. The Balaban J connectivity index is 1.91. The standard InChI is InChI=1S/C15H26N2O3/c16-12-7-3-2-6-11(12)13(18)17-10-15(14(19)20)8-4-1-5-9-15/h11-12H,1-10,16H2,(H,17,18)(H,19,20). The molecule has 0 aromatic rings. The van der Waals surface area contributed by atoms with E-state index in [1.54, 1.807) is 0 Å². The van der Waals surface area contributed by atoms with Gasteiger partial charge in [0.2, 0.25) is 5.91 Å². The predicted octanol–water partition coefficient (Wildman–Crippen LogP) is 1.66. The minimum atomic E-state index is -0.773. The zero-order valence-electron chi connectivity index (χ0n) is 12.1. The second-order valence-corrected chi connectivity index (χ2v) is 6.42. The minimum absolute atomic E-state index is 0.0524. The van der Waals surface area contributed by atoms with Crippen LogP contribution in [0.5, 0.6) is 0 Å². The fourth-order valence-corrected chi connectivity index (χ4v) is 3.57. The van der Waals surface area contributed by atoms with E-state index in [9.17, 15) is 14.7 Å². The molecular formula is C15H26N2O3. The summed E-state index contributed by atoms with van der Waals surface area (Å²) in [4.78, 5) is 23.8. The van der Waals surface area contributed by atoms with E-state index in [0.29, 0.717) is 12.8 Å². The second-order valence-electron chi connectivity index (χ2n) is 6.42. The van der Waals surface area contributed by atoms with Crippen LogP contribution in [0, 0.1) is 11.3 Å². The van der Waals surface area contributed by atoms with Crippen LogP contribution >= 0.6 is 0 Å². The van der Waals surface area contributed by atoms with E-state index in [0.717, 1.165) is 44.9 Å². The number of aliphatic carboxylic acids is 1. The molecule has 0 aromatic heterocycles. The Morgan fingerprint density at radius 2 is 1.75 bits per heavy atom. The molecule has 0 heterocycles. The maximum absolute atomic E-state index is 12.2. The van der Waals surface area contributed by atoms with Gasteiger partial charge in [-0.3, -0.25) is 9.59 Å². The number of carbonyl (C=O) groups excluding carboxylic acids is 1. The summed E-state index contributed by atoms with van der Waals surface area (Å²) < 4.78 is 0. The molecule has 2 fully saturated rings. The van der Waals surface area contributed by atoms with Crippen molar-refractivity contribution in [2.75, 3.05) is 6.54 Å². The molecule has 2 aliphatic rings. The first-order valence-electron chi connectivity index (χ1n) is 7.82. The summed E-state index contributed by atoms with van der Waals surface area (Å²) in [6, 6.07) is -0.0733. The van der Waals surface area contributed by atoms with Crippen molar-refractivity contribution in [3.8, 4) is 0 Å². The predicted molar refractivity (Wildman–Crippen MR) is 76.1 cm³/mol. The number of amides is 1. The maximum Gasteiger partial charge on any atom is 0.311 e. The number of rotatable bonds is 4. The molecule has 2 atom stereocenters. The average Bonchev–Trinajstić information content (AvgIpc) is 2.46. The smallest absolute Gasteiger partial charge is 0.311 e. The van der Waals surface area contributed by atoms with Crippen LogP contribution in [0.3, 0.4) is 0 Å². The van der Waals surface area contributed by atoms with Gasteiger partial charge < -0.3 is 16.2 Å². The lowest BCUT2D eigenvalue weighted by Crippen LogP contribution is -2.49. The van der Waals surface area contributed by atoms with Gasteiger partial charge in [-0.15, -0.1) is 0 Å². The van der Waals surface area contributed by atoms with Crippen molar-refractivity contribution in [1.29, 1.82) is 0 Å². The number of hydrogen-bond donors (Lipinski definition) is 3. The fourth-order valence-electron chi connectivity index (χ4n) is 3.57. The summed E-state index contributed by atoms with van der Waals surface area (Å²) in [5.74, 6) is -0.966. The molecule has 0 saturated heterocycles. The summed E-state index contributed by atoms with van der Waals surface area (Å²) in [5, 5.41) is 12.4. The van der Waals surface area contributed by atoms with Crippen LogP contribution in [-0.4, -0.2) is 29.6 Å². The van der Waals surface area contributed by atoms with Crippen molar-refractivity contribution in [1.82, 2.24) is 5.32 Å². The van der Waals surface area contributed by atoms with E-state index in [1.165, 1.54) is 0 Å². The third-order valence-electron chi connectivity index (χ3n) is 5.02. The summed E-state index contributed by atoms with van der Waals surface area (Å²) in [7, 11) is 0. The Morgan fingerprint density at radius 1 is 1.10 bits per heavy atom. The SMILES string of the molecule is NC1CCCCC1C(=O)NCC1(C(=O)O)CCCCC1. The lowest BCUT2D eigenvalue weighted by molar-refractivity contribution is -0.151. The van der Waals surface area contributed by atoms with Gasteiger partial charge in [0.15, 0.2) is 0 Å². The first-order valence-corrected chi connectivity index (χ1v) is 7.82. The minimum Gasteiger partial charge on any atom is -0.481 e. The molecule has 5 nitrogen and oxygen atoms in total. The molecule has 2 saturated carbocycles. The lowest BCUT2D eigenvalue weighted by atomic mass is 9.74. The summed E-state index contributed by atoms with van der Waals surface area (Å²) in [5.41, 5.74) is 5.25. The van der Waals surface area contributed by atoms with Crippen molar-refractivity contribution in [3.05, 3.63) is 0 Å². The molecule has 2 unspecified atom stereocenters. The van der Waals surface area contributed by atoms with Crippen molar-refractivity contribution < 1.29 is 14.7 Å². The van der Waals surface area contributed by atoms with Gasteiger partial charge in [0.1, 0.15) is 0 Å². The van der Waals surface area contributed by atoms with Gasteiger partial charge in [0, 0.05) is 12.6 Å². The number of hydrogen-bond acceptors (Lipinski definition) is 3. The molecular weight excluding hydrogens is 256 g/mol. The molecule has 0 radical (unpaired) electrons. The Kier molecular flexibility index (Phi) is 5.02. The Labute approximate surface area is 120 Å². The number of nitrogens with one attached hydrogen (secondary N) is 1. The van der Waals surface area contributed by atoms with E-state index < -0.39 is 11.4 Å². The highest BCUT2D eigenvalue weighted by Gasteiger charge is 2.40. The van der Waals surface area contributed by atoms with Crippen LogP contribution in [0.15, 0.2) is 0 Å². The molecule has 0 bridgehead atoms. The number of carboxylic acids is 1. The zero-order chi connectivity index (χ0) is 14.6. The highest BCUT2D eigenvalue weighted by molar-refractivity contribution is 5.81. The Morgan fingerprint density at radius 3 is 2.35 bits per heavy atom. The quantitative estimate of drug-likeness (QED) is 0.731. The van der Waals surface area contributed by atoms with Gasteiger partial charge in [-0.1, -0.05) is 32.1 Å². The number of carbonyl (C=O) groups is 2. The van der Waals surface area contributed by atoms with Gasteiger partial charge in [0.05, 0.1) is 11.3 Å². The average molecular weight is 282 g/mol. The third kappa shape index (κ3) is 3.32. The molecule has 4 N–H and O–H groups in total. The largest absolute Gasteiger partial charge is 0.481 e. The molecule has 114 valence electrons.